The second kappa shape index (κ2) is 5.23. The monoisotopic (exact) mass is 239 g/mol. The smallest absolute Gasteiger partial charge is 0.122 e. The van der Waals surface area contributed by atoms with Crippen LogP contribution >= 0.6 is 11.8 Å². The summed E-state index contributed by atoms with van der Waals surface area (Å²) in [6, 6.07) is 0. The van der Waals surface area contributed by atoms with Gasteiger partial charge in [-0.2, -0.15) is 11.8 Å². The number of hydrogen-bond acceptors (Lipinski definition) is 3. The largest absolute Gasteiger partial charge is 0.334 e. The normalized spacial score (nSPS) is 18.4. The van der Waals surface area contributed by atoms with Crippen molar-refractivity contribution in [3.63, 3.8) is 0 Å². The molecule has 0 unspecified atom stereocenters. The summed E-state index contributed by atoms with van der Waals surface area (Å²) in [5.41, 5.74) is 0. The van der Waals surface area contributed by atoms with Crippen molar-refractivity contribution in [3.05, 3.63) is 18.2 Å². The van der Waals surface area contributed by atoms with E-state index in [4.69, 9.17) is 0 Å². The third kappa shape index (κ3) is 2.43. The summed E-state index contributed by atoms with van der Waals surface area (Å²) in [5, 5.41) is 3.55. The molecular formula is C12H21N3S. The number of thioether (sulfide) groups is 1. The van der Waals surface area contributed by atoms with Crippen LogP contribution in [0.5, 0.6) is 0 Å². The van der Waals surface area contributed by atoms with Crippen LogP contribution in [0.4, 0.5) is 0 Å². The predicted molar refractivity (Wildman–Crippen MR) is 69.7 cm³/mol. The molecule has 0 atom stereocenters. The molecule has 0 radical (unpaired) electrons. The highest BCUT2D eigenvalue weighted by atomic mass is 32.2. The lowest BCUT2D eigenvalue weighted by atomic mass is 9.84. The van der Waals surface area contributed by atoms with E-state index in [-0.39, 0.29) is 0 Å². The van der Waals surface area contributed by atoms with E-state index in [1.807, 2.05) is 24.2 Å². The summed E-state index contributed by atoms with van der Waals surface area (Å²) >= 11 is 2.02. The van der Waals surface area contributed by atoms with Gasteiger partial charge in [0, 0.05) is 30.2 Å². The van der Waals surface area contributed by atoms with Crippen LogP contribution in [0.1, 0.15) is 32.0 Å². The van der Waals surface area contributed by atoms with E-state index in [1.54, 1.807) is 0 Å². The van der Waals surface area contributed by atoms with Crippen LogP contribution in [-0.4, -0.2) is 27.1 Å². The van der Waals surface area contributed by atoms with Gasteiger partial charge in [-0.25, -0.2) is 4.98 Å². The van der Waals surface area contributed by atoms with Crippen LogP contribution < -0.4 is 5.32 Å². The van der Waals surface area contributed by atoms with Gasteiger partial charge in [-0.15, -0.1) is 0 Å². The van der Waals surface area contributed by atoms with Gasteiger partial charge in [0.1, 0.15) is 5.82 Å². The first-order valence-electron chi connectivity index (χ1n) is 6.05. The van der Waals surface area contributed by atoms with Crippen LogP contribution in [0.15, 0.2) is 12.4 Å². The Morgan fingerprint density at radius 2 is 2.38 bits per heavy atom. The number of nitrogens with one attached hydrogen (secondary N) is 1. The highest BCUT2D eigenvalue weighted by Crippen LogP contribution is 2.42. The topological polar surface area (TPSA) is 29.9 Å². The van der Waals surface area contributed by atoms with Crippen molar-refractivity contribution in [2.45, 2.75) is 44.0 Å². The quantitative estimate of drug-likeness (QED) is 0.826. The van der Waals surface area contributed by atoms with Gasteiger partial charge in [0.25, 0.3) is 0 Å². The van der Waals surface area contributed by atoms with E-state index in [0.29, 0.717) is 4.75 Å². The molecule has 0 aromatic carbocycles. The van der Waals surface area contributed by atoms with Crippen molar-refractivity contribution in [2.24, 2.45) is 0 Å². The molecule has 0 saturated heterocycles. The maximum Gasteiger partial charge on any atom is 0.122 e. The molecule has 1 heterocycles. The van der Waals surface area contributed by atoms with Gasteiger partial charge in [-0.05, 0) is 26.0 Å². The summed E-state index contributed by atoms with van der Waals surface area (Å²) in [6.07, 6.45) is 10.3. The summed E-state index contributed by atoms with van der Waals surface area (Å²) in [5.74, 6) is 1.15. The number of aromatic nitrogens is 2. The highest BCUT2D eigenvalue weighted by Gasteiger charge is 2.35. The maximum absolute atomic E-state index is 4.37. The first kappa shape index (κ1) is 12.0. The average Bonchev–Trinajstić information content (AvgIpc) is 2.69. The van der Waals surface area contributed by atoms with E-state index in [9.17, 15) is 0 Å². The minimum atomic E-state index is 0.517. The van der Waals surface area contributed by atoms with E-state index in [2.05, 4.69) is 28.0 Å². The third-order valence-electron chi connectivity index (χ3n) is 3.57. The van der Waals surface area contributed by atoms with Gasteiger partial charge in [0.05, 0.1) is 6.54 Å². The molecule has 1 aliphatic carbocycles. The summed E-state index contributed by atoms with van der Waals surface area (Å²) < 4.78 is 2.71. The first-order chi connectivity index (χ1) is 7.79. The fourth-order valence-corrected chi connectivity index (χ4v) is 3.16. The Morgan fingerprint density at radius 1 is 1.56 bits per heavy atom. The van der Waals surface area contributed by atoms with Crippen molar-refractivity contribution in [1.29, 1.82) is 0 Å². The fourth-order valence-electron chi connectivity index (χ4n) is 2.22. The van der Waals surface area contributed by atoms with Crippen LogP contribution in [0.3, 0.4) is 0 Å². The molecule has 16 heavy (non-hydrogen) atoms. The molecule has 2 rings (SSSR count). The van der Waals surface area contributed by atoms with E-state index in [0.717, 1.165) is 25.5 Å². The van der Waals surface area contributed by atoms with Crippen LogP contribution in [0, 0.1) is 0 Å². The Morgan fingerprint density at radius 3 is 2.94 bits per heavy atom. The fraction of sp³-hybridized carbons (Fsp3) is 0.750. The number of hydrogen-bond donors (Lipinski definition) is 1. The molecule has 0 spiro atoms. The zero-order valence-corrected chi connectivity index (χ0v) is 11.0. The first-order valence-corrected chi connectivity index (χ1v) is 7.28. The maximum atomic E-state index is 4.37. The molecule has 1 saturated carbocycles. The van der Waals surface area contributed by atoms with Crippen molar-refractivity contribution in [3.8, 4) is 0 Å². The van der Waals surface area contributed by atoms with Crippen molar-refractivity contribution >= 4 is 11.8 Å². The Hall–Kier alpha value is -0.480. The Balaban J connectivity index is 1.79. The van der Waals surface area contributed by atoms with Crippen molar-refractivity contribution in [2.75, 3.05) is 12.8 Å². The molecule has 0 bridgehead atoms. The number of aryl methyl sites for hydroxylation is 1. The van der Waals surface area contributed by atoms with Gasteiger partial charge in [0.15, 0.2) is 0 Å². The summed E-state index contributed by atoms with van der Waals surface area (Å²) in [6.45, 7) is 5.17. The standard InChI is InChI=1S/C12H21N3S/c1-3-15-8-7-14-11(15)9-13-10-12(16-2)5-4-6-12/h7-8,13H,3-6,9-10H2,1-2H3. The van der Waals surface area contributed by atoms with Gasteiger partial charge >= 0.3 is 0 Å². The number of nitrogens with zero attached hydrogens (tertiary/aromatic N) is 2. The highest BCUT2D eigenvalue weighted by molar-refractivity contribution is 8.00. The lowest BCUT2D eigenvalue weighted by Crippen LogP contribution is -2.43. The lowest BCUT2D eigenvalue weighted by Gasteiger charge is -2.40. The molecule has 0 amide bonds. The number of imidazole rings is 1. The average molecular weight is 239 g/mol. The van der Waals surface area contributed by atoms with Crippen molar-refractivity contribution in [1.82, 2.24) is 14.9 Å². The van der Waals surface area contributed by atoms with Crippen LogP contribution in [-0.2, 0) is 13.1 Å². The molecule has 1 fully saturated rings. The SMILES string of the molecule is CCn1ccnc1CNCC1(SC)CCC1. The molecule has 1 N–H and O–H groups in total. The zero-order valence-electron chi connectivity index (χ0n) is 10.2. The van der Waals surface area contributed by atoms with E-state index in [1.165, 1.54) is 19.3 Å². The van der Waals surface area contributed by atoms with Gasteiger partial charge in [0.2, 0.25) is 0 Å². The molecule has 1 aliphatic rings. The Labute approximate surface area is 102 Å². The Bertz CT molecular complexity index is 325. The Kier molecular flexibility index (Phi) is 3.92. The van der Waals surface area contributed by atoms with Crippen molar-refractivity contribution < 1.29 is 0 Å². The lowest BCUT2D eigenvalue weighted by molar-refractivity contribution is 0.343. The number of rotatable bonds is 6. The molecule has 1 aromatic rings. The molecule has 3 nitrogen and oxygen atoms in total. The van der Waals surface area contributed by atoms with E-state index < -0.39 is 0 Å². The van der Waals surface area contributed by atoms with E-state index >= 15 is 0 Å². The van der Waals surface area contributed by atoms with Crippen LogP contribution in [0.25, 0.3) is 0 Å². The molecule has 90 valence electrons. The molecule has 4 heteroatoms. The molecule has 1 aromatic heterocycles. The van der Waals surface area contributed by atoms with Crippen LogP contribution in [0.2, 0.25) is 0 Å². The summed E-state index contributed by atoms with van der Waals surface area (Å²) in [7, 11) is 0. The minimum Gasteiger partial charge on any atom is -0.334 e. The second-order valence-electron chi connectivity index (χ2n) is 4.47. The second-order valence-corrected chi connectivity index (χ2v) is 5.75. The van der Waals surface area contributed by atoms with Gasteiger partial charge < -0.3 is 9.88 Å². The summed E-state index contributed by atoms with van der Waals surface area (Å²) in [4.78, 5) is 4.37. The van der Waals surface area contributed by atoms with Gasteiger partial charge in [-0.3, -0.25) is 0 Å². The zero-order chi connectivity index (χ0) is 11.4. The molecular weight excluding hydrogens is 218 g/mol. The molecule has 0 aliphatic heterocycles. The van der Waals surface area contributed by atoms with Gasteiger partial charge in [-0.1, -0.05) is 6.42 Å². The minimum absolute atomic E-state index is 0.517. The third-order valence-corrected chi connectivity index (χ3v) is 4.99. The predicted octanol–water partition coefficient (Wildman–Crippen LogP) is 2.28.